The van der Waals surface area contributed by atoms with Gasteiger partial charge in [-0.2, -0.15) is 0 Å². The van der Waals surface area contributed by atoms with Crippen molar-refractivity contribution in [3.63, 3.8) is 0 Å². The molecule has 1 fully saturated rings. The highest BCUT2D eigenvalue weighted by Gasteiger charge is 2.41. The summed E-state index contributed by atoms with van der Waals surface area (Å²) < 4.78 is 10.4. The molecular formula is C16H21NO4. The molecule has 0 N–H and O–H groups in total. The first-order chi connectivity index (χ1) is 10.0. The third-order valence-corrected chi connectivity index (χ3v) is 4.12. The highest BCUT2D eigenvalue weighted by atomic mass is 16.6. The van der Waals surface area contributed by atoms with E-state index in [-0.39, 0.29) is 12.0 Å². The molecule has 0 saturated carbocycles. The molecule has 0 radical (unpaired) electrons. The molecule has 5 nitrogen and oxygen atoms in total. The fourth-order valence-electron chi connectivity index (χ4n) is 2.70. The minimum absolute atomic E-state index is 0.0280. The molecule has 1 aromatic carbocycles. The summed E-state index contributed by atoms with van der Waals surface area (Å²) in [7, 11) is 3.32. The van der Waals surface area contributed by atoms with Gasteiger partial charge in [-0.25, -0.2) is 4.79 Å². The number of nitrogens with zero attached hydrogens (tertiary/aromatic N) is 1. The zero-order chi connectivity index (χ0) is 15.4. The molecule has 0 aliphatic carbocycles. The van der Waals surface area contributed by atoms with Gasteiger partial charge in [0.25, 0.3) is 0 Å². The predicted molar refractivity (Wildman–Crippen MR) is 77.9 cm³/mol. The Bertz CT molecular complexity index is 502. The topological polar surface area (TPSA) is 55.8 Å². The maximum atomic E-state index is 12.2. The van der Waals surface area contributed by atoms with Gasteiger partial charge >= 0.3 is 11.9 Å². The number of carbonyl (C=O) groups is 2. The lowest BCUT2D eigenvalue weighted by molar-refractivity contribution is -0.155. The minimum Gasteiger partial charge on any atom is -0.469 e. The standard InChI is InChI=1S/C16H21NO4/c1-11-14(16(19)20-3)13(9-10-17(11)2)21-15(18)12-7-5-4-6-8-12/h4-8,11,13-14H,9-10H2,1-3H3/t11?,13-,14?/m0/s1. The van der Waals surface area contributed by atoms with Crippen molar-refractivity contribution in [3.05, 3.63) is 35.9 Å². The van der Waals surface area contributed by atoms with E-state index in [4.69, 9.17) is 9.47 Å². The lowest BCUT2D eigenvalue weighted by Crippen LogP contribution is -2.52. The third kappa shape index (κ3) is 3.42. The van der Waals surface area contributed by atoms with E-state index < -0.39 is 18.0 Å². The Morgan fingerprint density at radius 3 is 2.52 bits per heavy atom. The molecule has 114 valence electrons. The van der Waals surface area contributed by atoms with E-state index in [1.807, 2.05) is 20.0 Å². The number of hydrogen-bond acceptors (Lipinski definition) is 5. The van der Waals surface area contributed by atoms with Crippen LogP contribution in [0.4, 0.5) is 0 Å². The number of esters is 2. The quantitative estimate of drug-likeness (QED) is 0.794. The van der Waals surface area contributed by atoms with Crippen molar-refractivity contribution in [1.29, 1.82) is 0 Å². The van der Waals surface area contributed by atoms with Crippen LogP contribution in [0, 0.1) is 5.92 Å². The third-order valence-electron chi connectivity index (χ3n) is 4.12. The second kappa shape index (κ2) is 6.72. The smallest absolute Gasteiger partial charge is 0.338 e. The van der Waals surface area contributed by atoms with Gasteiger partial charge in [0.1, 0.15) is 12.0 Å². The number of carbonyl (C=O) groups excluding carboxylic acids is 2. The monoisotopic (exact) mass is 291 g/mol. The first-order valence-electron chi connectivity index (χ1n) is 7.08. The molecule has 1 aliphatic rings. The Morgan fingerprint density at radius 2 is 1.90 bits per heavy atom. The summed E-state index contributed by atoms with van der Waals surface area (Å²) in [6, 6.07) is 8.78. The lowest BCUT2D eigenvalue weighted by Gasteiger charge is -2.40. The van der Waals surface area contributed by atoms with Crippen LogP contribution in [0.1, 0.15) is 23.7 Å². The van der Waals surface area contributed by atoms with Gasteiger partial charge in [-0.05, 0) is 32.5 Å². The molecule has 3 atom stereocenters. The van der Waals surface area contributed by atoms with Crippen LogP contribution in [0.2, 0.25) is 0 Å². The highest BCUT2D eigenvalue weighted by molar-refractivity contribution is 5.89. The molecule has 5 heteroatoms. The molecule has 1 aliphatic heterocycles. The number of likely N-dealkylation sites (tertiary alicyclic amines) is 1. The molecule has 0 spiro atoms. The number of rotatable bonds is 3. The van der Waals surface area contributed by atoms with Gasteiger partial charge in [0.2, 0.25) is 0 Å². The summed E-state index contributed by atoms with van der Waals surface area (Å²) in [5.74, 6) is -1.19. The number of hydrogen-bond donors (Lipinski definition) is 0. The van der Waals surface area contributed by atoms with E-state index in [0.29, 0.717) is 12.0 Å². The van der Waals surface area contributed by atoms with Crippen LogP contribution in [0.3, 0.4) is 0 Å². The van der Waals surface area contributed by atoms with Crippen LogP contribution in [0.5, 0.6) is 0 Å². The molecule has 1 saturated heterocycles. The lowest BCUT2D eigenvalue weighted by atomic mass is 9.87. The summed E-state index contributed by atoms with van der Waals surface area (Å²) >= 11 is 0. The fraction of sp³-hybridized carbons (Fsp3) is 0.500. The molecule has 0 bridgehead atoms. The van der Waals surface area contributed by atoms with E-state index in [9.17, 15) is 9.59 Å². The van der Waals surface area contributed by atoms with Gasteiger partial charge in [0.05, 0.1) is 12.7 Å². The largest absolute Gasteiger partial charge is 0.469 e. The van der Waals surface area contributed by atoms with Crippen molar-refractivity contribution >= 4 is 11.9 Å². The number of ether oxygens (including phenoxy) is 2. The zero-order valence-corrected chi connectivity index (χ0v) is 12.6. The fourth-order valence-corrected chi connectivity index (χ4v) is 2.70. The maximum Gasteiger partial charge on any atom is 0.338 e. The highest BCUT2D eigenvalue weighted by Crippen LogP contribution is 2.27. The van der Waals surface area contributed by atoms with Crippen molar-refractivity contribution < 1.29 is 19.1 Å². The molecule has 2 rings (SSSR count). The van der Waals surface area contributed by atoms with E-state index >= 15 is 0 Å². The van der Waals surface area contributed by atoms with Crippen LogP contribution < -0.4 is 0 Å². The van der Waals surface area contributed by atoms with Gasteiger partial charge in [-0.15, -0.1) is 0 Å². The van der Waals surface area contributed by atoms with E-state index in [2.05, 4.69) is 4.90 Å². The Hall–Kier alpha value is -1.88. The minimum atomic E-state index is -0.457. The molecule has 1 aromatic rings. The average Bonchev–Trinajstić information content (AvgIpc) is 2.51. The van der Waals surface area contributed by atoms with Gasteiger partial charge < -0.3 is 14.4 Å². The van der Waals surface area contributed by atoms with Crippen LogP contribution in [-0.4, -0.2) is 49.7 Å². The molecule has 2 unspecified atom stereocenters. The second-order valence-electron chi connectivity index (χ2n) is 5.37. The first-order valence-corrected chi connectivity index (χ1v) is 7.08. The average molecular weight is 291 g/mol. The van der Waals surface area contributed by atoms with Crippen LogP contribution in [-0.2, 0) is 14.3 Å². The molecule has 0 amide bonds. The second-order valence-corrected chi connectivity index (χ2v) is 5.37. The van der Waals surface area contributed by atoms with Gasteiger partial charge in [-0.3, -0.25) is 4.79 Å². The summed E-state index contributed by atoms with van der Waals surface area (Å²) in [4.78, 5) is 26.3. The van der Waals surface area contributed by atoms with Gasteiger partial charge in [0.15, 0.2) is 0 Å². The van der Waals surface area contributed by atoms with Crippen molar-refractivity contribution in [3.8, 4) is 0 Å². The van der Waals surface area contributed by atoms with Gasteiger partial charge in [0, 0.05) is 12.6 Å². The van der Waals surface area contributed by atoms with Gasteiger partial charge in [-0.1, -0.05) is 18.2 Å². The number of benzene rings is 1. The zero-order valence-electron chi connectivity index (χ0n) is 12.6. The summed E-state index contributed by atoms with van der Waals surface area (Å²) in [5, 5.41) is 0. The molecule has 0 aromatic heterocycles. The Labute approximate surface area is 124 Å². The van der Waals surface area contributed by atoms with Crippen molar-refractivity contribution in [2.45, 2.75) is 25.5 Å². The van der Waals surface area contributed by atoms with Crippen LogP contribution in [0.25, 0.3) is 0 Å². The van der Waals surface area contributed by atoms with Crippen molar-refractivity contribution in [1.82, 2.24) is 4.90 Å². The first kappa shape index (κ1) is 15.5. The summed E-state index contributed by atoms with van der Waals surface area (Å²) in [6.45, 7) is 2.73. The molecular weight excluding hydrogens is 270 g/mol. The molecule has 1 heterocycles. The molecule has 21 heavy (non-hydrogen) atoms. The summed E-state index contributed by atoms with van der Waals surface area (Å²) in [5.41, 5.74) is 0.493. The van der Waals surface area contributed by atoms with Crippen LogP contribution >= 0.6 is 0 Å². The Balaban J connectivity index is 2.13. The normalized spacial score (nSPS) is 26.1. The SMILES string of the molecule is COC(=O)C1C(C)N(C)CC[C@@H]1OC(=O)c1ccccc1. The van der Waals surface area contributed by atoms with Crippen molar-refractivity contribution in [2.24, 2.45) is 5.92 Å². The van der Waals surface area contributed by atoms with E-state index in [0.717, 1.165) is 6.54 Å². The Morgan fingerprint density at radius 1 is 1.24 bits per heavy atom. The number of methoxy groups -OCH3 is 1. The maximum absolute atomic E-state index is 12.2. The summed E-state index contributed by atoms with van der Waals surface area (Å²) in [6.07, 6.45) is 0.176. The van der Waals surface area contributed by atoms with E-state index in [1.165, 1.54) is 7.11 Å². The van der Waals surface area contributed by atoms with Crippen LogP contribution in [0.15, 0.2) is 30.3 Å². The Kier molecular flexibility index (Phi) is 4.96. The predicted octanol–water partition coefficient (Wildman–Crippen LogP) is 1.73. The van der Waals surface area contributed by atoms with E-state index in [1.54, 1.807) is 24.3 Å². The van der Waals surface area contributed by atoms with Crippen molar-refractivity contribution in [2.75, 3.05) is 20.7 Å². The number of piperidine rings is 1.